The van der Waals surface area contributed by atoms with Crippen LogP contribution in [0.5, 0.6) is 0 Å². The first-order valence-electron chi connectivity index (χ1n) is 6.50. The maximum atomic E-state index is 12.1. The lowest BCUT2D eigenvalue weighted by Crippen LogP contribution is -2.44. The van der Waals surface area contributed by atoms with Crippen LogP contribution in [0.25, 0.3) is 0 Å². The van der Waals surface area contributed by atoms with Crippen molar-refractivity contribution < 1.29 is 9.59 Å². The van der Waals surface area contributed by atoms with Crippen LogP contribution in [-0.4, -0.2) is 25.5 Å². The molecule has 0 spiro atoms. The van der Waals surface area contributed by atoms with Gasteiger partial charge in [0, 0.05) is 7.05 Å². The second-order valence-electron chi connectivity index (χ2n) is 4.22. The molecule has 0 aliphatic rings. The molecule has 1 rings (SSSR count). The molecular formula is C14H21N3O2. The first-order chi connectivity index (χ1) is 9.19. The zero-order valence-electron chi connectivity index (χ0n) is 11.4. The Balaban J connectivity index is 2.74. The molecule has 104 valence electrons. The zero-order valence-corrected chi connectivity index (χ0v) is 11.4. The van der Waals surface area contributed by atoms with Crippen molar-refractivity contribution in [3.8, 4) is 0 Å². The molecule has 0 aliphatic carbocycles. The van der Waals surface area contributed by atoms with E-state index in [1.165, 1.54) is 7.05 Å². The standard InChI is InChI=1S/C14H21N3O2/c1-3-4-10-16-12(11-8-6-5-7-9-11)13(18)17-14(19)15-2/h5-9,12,16H,3-4,10H2,1-2H3,(H2,15,17,18,19)/t12-/m1/s1. The molecule has 0 aliphatic heterocycles. The number of carbonyl (C=O) groups excluding carboxylic acids is 2. The number of amides is 3. The second-order valence-corrected chi connectivity index (χ2v) is 4.22. The SMILES string of the molecule is CCCCN[C@@H](C(=O)NC(=O)NC)c1ccccc1. The number of imide groups is 1. The van der Waals surface area contributed by atoms with Crippen LogP contribution < -0.4 is 16.0 Å². The minimum atomic E-state index is -0.509. The van der Waals surface area contributed by atoms with Crippen LogP contribution in [0.2, 0.25) is 0 Å². The molecule has 1 atom stereocenters. The predicted molar refractivity (Wildman–Crippen MR) is 74.7 cm³/mol. The molecule has 0 aromatic heterocycles. The monoisotopic (exact) mass is 263 g/mol. The van der Waals surface area contributed by atoms with Gasteiger partial charge >= 0.3 is 6.03 Å². The topological polar surface area (TPSA) is 70.2 Å². The Hall–Kier alpha value is -1.88. The van der Waals surface area contributed by atoms with E-state index >= 15 is 0 Å². The Morgan fingerprint density at radius 3 is 2.47 bits per heavy atom. The van der Waals surface area contributed by atoms with Crippen molar-refractivity contribution in [1.29, 1.82) is 0 Å². The fraction of sp³-hybridized carbons (Fsp3) is 0.429. The highest BCUT2D eigenvalue weighted by Crippen LogP contribution is 2.12. The number of hydrogen-bond acceptors (Lipinski definition) is 3. The summed E-state index contributed by atoms with van der Waals surface area (Å²) in [4.78, 5) is 23.3. The molecule has 0 heterocycles. The van der Waals surface area contributed by atoms with Crippen LogP contribution in [0.1, 0.15) is 31.4 Å². The average molecular weight is 263 g/mol. The van der Waals surface area contributed by atoms with E-state index < -0.39 is 12.1 Å². The van der Waals surface area contributed by atoms with Gasteiger partial charge in [0.25, 0.3) is 0 Å². The largest absolute Gasteiger partial charge is 0.341 e. The summed E-state index contributed by atoms with van der Waals surface area (Å²) in [5, 5.41) is 7.85. The fourth-order valence-electron chi connectivity index (χ4n) is 1.68. The van der Waals surface area contributed by atoms with Gasteiger partial charge in [-0.15, -0.1) is 0 Å². The van der Waals surface area contributed by atoms with E-state index in [2.05, 4.69) is 22.9 Å². The zero-order chi connectivity index (χ0) is 14.1. The molecule has 5 heteroatoms. The van der Waals surface area contributed by atoms with Crippen LogP contribution in [0.15, 0.2) is 30.3 Å². The summed E-state index contributed by atoms with van der Waals surface area (Å²) in [5.74, 6) is -0.346. The van der Waals surface area contributed by atoms with Gasteiger partial charge in [0.05, 0.1) is 0 Å². The molecule has 5 nitrogen and oxygen atoms in total. The number of nitrogens with one attached hydrogen (secondary N) is 3. The third-order valence-electron chi connectivity index (χ3n) is 2.74. The third-order valence-corrected chi connectivity index (χ3v) is 2.74. The number of unbranched alkanes of at least 4 members (excludes halogenated alkanes) is 1. The van der Waals surface area contributed by atoms with Gasteiger partial charge in [-0.1, -0.05) is 43.7 Å². The van der Waals surface area contributed by atoms with Crippen LogP contribution in [0.3, 0.4) is 0 Å². The van der Waals surface area contributed by atoms with Crippen LogP contribution in [0.4, 0.5) is 4.79 Å². The molecule has 1 aromatic carbocycles. The quantitative estimate of drug-likeness (QED) is 0.682. The Bertz CT molecular complexity index is 406. The number of urea groups is 1. The van der Waals surface area contributed by atoms with Gasteiger partial charge in [-0.3, -0.25) is 10.1 Å². The lowest BCUT2D eigenvalue weighted by Gasteiger charge is -2.18. The van der Waals surface area contributed by atoms with Gasteiger partial charge < -0.3 is 10.6 Å². The van der Waals surface area contributed by atoms with Crippen molar-refractivity contribution in [3.63, 3.8) is 0 Å². The molecule has 0 saturated heterocycles. The van der Waals surface area contributed by atoms with Gasteiger partial charge in [-0.25, -0.2) is 4.79 Å². The molecule has 1 aromatic rings. The summed E-state index contributed by atoms with van der Waals surface area (Å²) in [6, 6.07) is 8.37. The van der Waals surface area contributed by atoms with E-state index in [9.17, 15) is 9.59 Å². The molecule has 3 N–H and O–H groups in total. The van der Waals surface area contributed by atoms with E-state index in [0.29, 0.717) is 0 Å². The molecule has 0 fully saturated rings. The molecule has 0 radical (unpaired) electrons. The van der Waals surface area contributed by atoms with Crippen molar-refractivity contribution in [1.82, 2.24) is 16.0 Å². The first kappa shape index (κ1) is 15.2. The van der Waals surface area contributed by atoms with E-state index in [1.54, 1.807) is 0 Å². The molecule has 19 heavy (non-hydrogen) atoms. The Labute approximate surface area is 113 Å². The van der Waals surface area contributed by atoms with Crippen molar-refractivity contribution in [2.24, 2.45) is 0 Å². The van der Waals surface area contributed by atoms with Gasteiger partial charge in [-0.2, -0.15) is 0 Å². The van der Waals surface area contributed by atoms with Gasteiger partial charge in [0.15, 0.2) is 0 Å². The van der Waals surface area contributed by atoms with Crippen molar-refractivity contribution >= 4 is 11.9 Å². The molecule has 0 unspecified atom stereocenters. The van der Waals surface area contributed by atoms with Gasteiger partial charge in [0.1, 0.15) is 6.04 Å². The normalized spacial score (nSPS) is 11.7. The summed E-state index contributed by atoms with van der Waals surface area (Å²) < 4.78 is 0. The Morgan fingerprint density at radius 2 is 1.89 bits per heavy atom. The predicted octanol–water partition coefficient (Wildman–Crippen LogP) is 1.57. The van der Waals surface area contributed by atoms with Gasteiger partial charge in [-0.05, 0) is 18.5 Å². The fourth-order valence-corrected chi connectivity index (χ4v) is 1.68. The highest BCUT2D eigenvalue weighted by Gasteiger charge is 2.20. The minimum absolute atomic E-state index is 0.346. The lowest BCUT2D eigenvalue weighted by molar-refractivity contribution is -0.122. The summed E-state index contributed by atoms with van der Waals surface area (Å²) in [5.41, 5.74) is 0.847. The second kappa shape index (κ2) is 8.26. The van der Waals surface area contributed by atoms with Crippen LogP contribution in [-0.2, 0) is 4.79 Å². The van der Waals surface area contributed by atoms with Gasteiger partial charge in [0.2, 0.25) is 5.91 Å². The van der Waals surface area contributed by atoms with E-state index in [0.717, 1.165) is 24.9 Å². The lowest BCUT2D eigenvalue weighted by atomic mass is 10.1. The molecular weight excluding hydrogens is 242 g/mol. The van der Waals surface area contributed by atoms with Crippen molar-refractivity contribution in [2.75, 3.05) is 13.6 Å². The number of rotatable bonds is 6. The average Bonchev–Trinajstić information content (AvgIpc) is 2.44. The maximum Gasteiger partial charge on any atom is 0.321 e. The van der Waals surface area contributed by atoms with Crippen molar-refractivity contribution in [2.45, 2.75) is 25.8 Å². The van der Waals surface area contributed by atoms with E-state index in [4.69, 9.17) is 0 Å². The molecule has 0 bridgehead atoms. The minimum Gasteiger partial charge on any atom is -0.341 e. The first-order valence-corrected chi connectivity index (χ1v) is 6.50. The highest BCUT2D eigenvalue weighted by atomic mass is 16.2. The van der Waals surface area contributed by atoms with E-state index in [-0.39, 0.29) is 5.91 Å². The van der Waals surface area contributed by atoms with Crippen molar-refractivity contribution in [3.05, 3.63) is 35.9 Å². The summed E-state index contributed by atoms with van der Waals surface area (Å²) in [6.07, 6.45) is 2.03. The smallest absolute Gasteiger partial charge is 0.321 e. The number of hydrogen-bond donors (Lipinski definition) is 3. The van der Waals surface area contributed by atoms with E-state index in [1.807, 2.05) is 30.3 Å². The summed E-state index contributed by atoms with van der Waals surface area (Å²) in [7, 11) is 1.48. The number of benzene rings is 1. The Morgan fingerprint density at radius 1 is 1.21 bits per heavy atom. The van der Waals surface area contributed by atoms with Crippen LogP contribution in [0, 0.1) is 0 Å². The highest BCUT2D eigenvalue weighted by molar-refractivity contribution is 5.97. The Kier molecular flexibility index (Phi) is 6.60. The summed E-state index contributed by atoms with van der Waals surface area (Å²) >= 11 is 0. The molecule has 0 saturated carbocycles. The molecule has 3 amide bonds. The maximum absolute atomic E-state index is 12.1. The third kappa shape index (κ3) is 5.09. The number of carbonyl (C=O) groups is 2. The van der Waals surface area contributed by atoms with Crippen LogP contribution >= 0.6 is 0 Å². The summed E-state index contributed by atoms with van der Waals surface area (Å²) in [6.45, 7) is 2.82.